The molecule has 9 atom stereocenters. The van der Waals surface area contributed by atoms with Gasteiger partial charge in [0.15, 0.2) is 0 Å². The Labute approximate surface area is 213 Å². The Kier molecular flexibility index (Phi) is 5.97. The molecule has 8 heteroatoms. The van der Waals surface area contributed by atoms with Crippen molar-refractivity contribution in [2.75, 3.05) is 32.9 Å². The largest absolute Gasteiger partial charge is 0.458 e. The van der Waals surface area contributed by atoms with Crippen LogP contribution < -0.4 is 0 Å². The summed E-state index contributed by atoms with van der Waals surface area (Å²) in [4.78, 5) is 26.2. The standard InChI is InChI=1S/C28H41NO7/c1-26-7-5-19(36-25(32)29-9-11-34-12-10-29)14-18(26)3-4-21-22(26)15-23(30)27(2)20(6-8-28(21,27)33)17-13-24(31)35-16-17/h13,18-23,30,33H,3-12,14-16H2,1-2H3. The van der Waals surface area contributed by atoms with E-state index in [9.17, 15) is 19.8 Å². The number of aliphatic hydroxyl groups excluding tert-OH is 1. The fourth-order valence-corrected chi connectivity index (χ4v) is 9.42. The smallest absolute Gasteiger partial charge is 0.410 e. The number of aliphatic hydroxyl groups is 2. The molecule has 2 N–H and O–H groups in total. The van der Waals surface area contributed by atoms with Crippen LogP contribution in [0.4, 0.5) is 4.79 Å². The van der Waals surface area contributed by atoms with Gasteiger partial charge < -0.3 is 29.3 Å². The SMILES string of the molecule is CC12CCC(OC(=O)N3CCOCC3)CC1CCC1C2CC(O)C2(C)C(C3=CC(=O)OC3)CCC12O. The van der Waals surface area contributed by atoms with Crippen LogP contribution in [0, 0.1) is 34.5 Å². The molecule has 0 radical (unpaired) electrons. The van der Waals surface area contributed by atoms with Gasteiger partial charge in [0.2, 0.25) is 0 Å². The summed E-state index contributed by atoms with van der Waals surface area (Å²) in [5.41, 5.74) is -0.701. The number of ether oxygens (including phenoxy) is 3. The highest BCUT2D eigenvalue weighted by Crippen LogP contribution is 2.70. The molecule has 5 fully saturated rings. The lowest BCUT2D eigenvalue weighted by Crippen LogP contribution is -2.67. The Morgan fingerprint density at radius 1 is 1.08 bits per heavy atom. The van der Waals surface area contributed by atoms with Crippen LogP contribution in [-0.4, -0.2) is 77.9 Å². The summed E-state index contributed by atoms with van der Waals surface area (Å²) in [6.45, 7) is 6.98. The fourth-order valence-electron chi connectivity index (χ4n) is 9.42. The summed E-state index contributed by atoms with van der Waals surface area (Å²) in [6.07, 6.45) is 7.31. The van der Waals surface area contributed by atoms with E-state index in [0.29, 0.717) is 45.1 Å². The van der Waals surface area contributed by atoms with Crippen molar-refractivity contribution in [1.82, 2.24) is 4.90 Å². The summed E-state index contributed by atoms with van der Waals surface area (Å²) in [6, 6.07) is 0. The van der Waals surface area contributed by atoms with Crippen molar-refractivity contribution in [1.29, 1.82) is 0 Å². The molecule has 2 heterocycles. The average Bonchev–Trinajstić information content (AvgIpc) is 3.41. The number of hydrogen-bond acceptors (Lipinski definition) is 7. The lowest BCUT2D eigenvalue weighted by atomic mass is 9.42. The first kappa shape index (κ1) is 24.7. The summed E-state index contributed by atoms with van der Waals surface area (Å²) < 4.78 is 16.5. The van der Waals surface area contributed by atoms with E-state index < -0.39 is 17.1 Å². The van der Waals surface area contributed by atoms with E-state index in [1.807, 2.05) is 6.92 Å². The van der Waals surface area contributed by atoms with Gasteiger partial charge in [-0.05, 0) is 86.0 Å². The maximum atomic E-state index is 12.7. The van der Waals surface area contributed by atoms with Crippen molar-refractivity contribution >= 4 is 12.1 Å². The van der Waals surface area contributed by atoms with Crippen molar-refractivity contribution in [3.05, 3.63) is 11.6 Å². The van der Waals surface area contributed by atoms with Crippen LogP contribution in [0.5, 0.6) is 0 Å². The molecule has 1 amide bonds. The minimum absolute atomic E-state index is 0.00657. The van der Waals surface area contributed by atoms with Gasteiger partial charge in [0.25, 0.3) is 0 Å². The number of amides is 1. The first-order valence-corrected chi connectivity index (χ1v) is 14.0. The number of nitrogens with zero attached hydrogens (tertiary/aromatic N) is 1. The van der Waals surface area contributed by atoms with Gasteiger partial charge in [-0.3, -0.25) is 0 Å². The Hall–Kier alpha value is -1.64. The van der Waals surface area contributed by atoms with E-state index in [4.69, 9.17) is 14.2 Å². The molecule has 0 aromatic rings. The first-order valence-electron chi connectivity index (χ1n) is 14.0. The first-order chi connectivity index (χ1) is 17.2. The van der Waals surface area contributed by atoms with E-state index >= 15 is 0 Å². The summed E-state index contributed by atoms with van der Waals surface area (Å²) in [5, 5.41) is 24.0. The molecule has 36 heavy (non-hydrogen) atoms. The van der Waals surface area contributed by atoms with Crippen LogP contribution in [-0.2, 0) is 19.0 Å². The van der Waals surface area contributed by atoms with E-state index in [0.717, 1.165) is 44.1 Å². The topological polar surface area (TPSA) is 106 Å². The van der Waals surface area contributed by atoms with Crippen molar-refractivity contribution in [3.63, 3.8) is 0 Å². The number of morpholine rings is 1. The highest BCUT2D eigenvalue weighted by atomic mass is 16.6. The van der Waals surface area contributed by atoms with Crippen LogP contribution in [0.15, 0.2) is 11.6 Å². The molecule has 2 aliphatic heterocycles. The Morgan fingerprint density at radius 3 is 2.58 bits per heavy atom. The van der Waals surface area contributed by atoms with Crippen molar-refractivity contribution in [2.45, 2.75) is 83.0 Å². The molecule has 1 saturated heterocycles. The maximum absolute atomic E-state index is 12.7. The molecule has 4 saturated carbocycles. The maximum Gasteiger partial charge on any atom is 0.410 e. The highest BCUT2D eigenvalue weighted by Gasteiger charge is 2.70. The zero-order chi connectivity index (χ0) is 25.3. The van der Waals surface area contributed by atoms with Crippen molar-refractivity contribution < 1.29 is 34.0 Å². The third-order valence-electron chi connectivity index (χ3n) is 11.6. The molecule has 0 aromatic heterocycles. The van der Waals surface area contributed by atoms with Crippen molar-refractivity contribution in [3.8, 4) is 0 Å². The third-order valence-corrected chi connectivity index (χ3v) is 11.6. The van der Waals surface area contributed by atoms with Gasteiger partial charge in [-0.1, -0.05) is 13.8 Å². The summed E-state index contributed by atoms with van der Waals surface area (Å²) >= 11 is 0. The Balaban J connectivity index is 1.19. The zero-order valence-electron chi connectivity index (χ0n) is 21.6. The Morgan fingerprint density at radius 2 is 1.86 bits per heavy atom. The molecule has 9 unspecified atom stereocenters. The van der Waals surface area contributed by atoms with Gasteiger partial charge in [-0.25, -0.2) is 9.59 Å². The predicted molar refractivity (Wildman–Crippen MR) is 130 cm³/mol. The number of hydrogen-bond donors (Lipinski definition) is 2. The molecule has 0 aromatic carbocycles. The summed E-state index contributed by atoms with van der Waals surface area (Å²) in [5.74, 6) is 0.422. The summed E-state index contributed by atoms with van der Waals surface area (Å²) in [7, 11) is 0. The van der Waals surface area contributed by atoms with Crippen LogP contribution in [0.3, 0.4) is 0 Å². The molecule has 6 aliphatic rings. The molecule has 0 bridgehead atoms. The van der Waals surface area contributed by atoms with E-state index in [-0.39, 0.29) is 47.9 Å². The molecule has 8 nitrogen and oxygen atoms in total. The number of carbonyl (C=O) groups excluding carboxylic acids is 2. The van der Waals surface area contributed by atoms with Crippen LogP contribution >= 0.6 is 0 Å². The number of rotatable bonds is 2. The lowest BCUT2D eigenvalue weighted by Gasteiger charge is -2.65. The van der Waals surface area contributed by atoms with Gasteiger partial charge in [0.1, 0.15) is 12.7 Å². The quantitative estimate of drug-likeness (QED) is 0.558. The molecule has 200 valence electrons. The number of carbonyl (C=O) groups is 2. The van der Waals surface area contributed by atoms with Gasteiger partial charge in [0, 0.05) is 24.6 Å². The van der Waals surface area contributed by atoms with Gasteiger partial charge in [-0.2, -0.15) is 0 Å². The fraction of sp³-hybridized carbons (Fsp3) is 0.857. The molecule has 4 aliphatic carbocycles. The number of fused-ring (bicyclic) bond motifs is 5. The number of esters is 1. The monoisotopic (exact) mass is 503 g/mol. The average molecular weight is 504 g/mol. The van der Waals surface area contributed by atoms with Gasteiger partial charge in [0.05, 0.1) is 24.9 Å². The van der Waals surface area contributed by atoms with Gasteiger partial charge in [-0.15, -0.1) is 0 Å². The molecule has 6 rings (SSSR count). The predicted octanol–water partition coefficient (Wildman–Crippen LogP) is 3.05. The van der Waals surface area contributed by atoms with E-state index in [2.05, 4.69) is 6.92 Å². The van der Waals surface area contributed by atoms with E-state index in [1.165, 1.54) is 0 Å². The van der Waals surface area contributed by atoms with Crippen molar-refractivity contribution in [2.24, 2.45) is 34.5 Å². The number of cyclic esters (lactones) is 1. The molecular weight excluding hydrogens is 462 g/mol. The van der Waals surface area contributed by atoms with E-state index in [1.54, 1.807) is 11.0 Å². The van der Waals surface area contributed by atoms with Gasteiger partial charge >= 0.3 is 12.1 Å². The van der Waals surface area contributed by atoms with Crippen LogP contribution in [0.2, 0.25) is 0 Å². The normalized spacial score (nSPS) is 48.4. The van der Waals surface area contributed by atoms with Crippen LogP contribution in [0.25, 0.3) is 0 Å². The second-order valence-electron chi connectivity index (χ2n) is 12.7. The molecular formula is C28H41NO7. The second kappa shape index (κ2) is 8.70. The Bertz CT molecular complexity index is 946. The minimum Gasteiger partial charge on any atom is -0.458 e. The zero-order valence-corrected chi connectivity index (χ0v) is 21.6. The highest BCUT2D eigenvalue weighted by molar-refractivity contribution is 5.85. The third kappa shape index (κ3) is 3.50. The lowest BCUT2D eigenvalue weighted by molar-refractivity contribution is -0.245. The molecule has 0 spiro atoms. The minimum atomic E-state index is -0.958. The second-order valence-corrected chi connectivity index (χ2v) is 12.7. The van der Waals surface area contributed by atoms with Crippen LogP contribution in [0.1, 0.15) is 65.2 Å².